The zero-order valence-corrected chi connectivity index (χ0v) is 12.4. The third-order valence-corrected chi connectivity index (χ3v) is 3.87. The maximum absolute atomic E-state index is 10.7. The van der Waals surface area contributed by atoms with Crippen molar-refractivity contribution in [1.82, 2.24) is 0 Å². The van der Waals surface area contributed by atoms with Crippen molar-refractivity contribution in [3.63, 3.8) is 0 Å². The molecule has 0 aromatic heterocycles. The molecule has 0 bridgehead atoms. The van der Waals surface area contributed by atoms with Crippen LogP contribution in [-0.4, -0.2) is 20.8 Å². The monoisotopic (exact) mass is 290 g/mol. The molecule has 0 unspecified atom stereocenters. The fourth-order valence-corrected chi connectivity index (χ4v) is 2.47. The Morgan fingerprint density at radius 1 is 1.17 bits per heavy atom. The molecule has 0 aliphatic heterocycles. The highest BCUT2D eigenvalue weighted by molar-refractivity contribution is 8.13. The molecule has 5 heteroatoms. The van der Waals surface area contributed by atoms with Crippen molar-refractivity contribution in [2.24, 2.45) is 0 Å². The van der Waals surface area contributed by atoms with Crippen LogP contribution in [-0.2, 0) is 9.05 Å². The Labute approximate surface area is 114 Å². The molecule has 0 N–H and O–H groups in total. The van der Waals surface area contributed by atoms with E-state index in [2.05, 4.69) is 0 Å². The second kappa shape index (κ2) is 7.00. The molecule has 1 aromatic rings. The Bertz CT molecular complexity index is 483. The summed E-state index contributed by atoms with van der Waals surface area (Å²) in [6.07, 6.45) is 2.22. The lowest BCUT2D eigenvalue weighted by molar-refractivity contribution is 0.304. The van der Waals surface area contributed by atoms with E-state index < -0.39 is 9.05 Å². The van der Waals surface area contributed by atoms with Gasteiger partial charge < -0.3 is 4.74 Å². The van der Waals surface area contributed by atoms with E-state index in [9.17, 15) is 8.42 Å². The van der Waals surface area contributed by atoms with Crippen molar-refractivity contribution in [3.05, 3.63) is 29.3 Å². The van der Waals surface area contributed by atoms with Crippen molar-refractivity contribution >= 4 is 19.7 Å². The standard InChI is InChI=1S/C13H19ClO3S/c1-11-6-7-12(2)13(10-11)17-8-4-3-5-9-18(14,15)16/h6-7,10H,3-5,8-9H2,1-2H3. The lowest BCUT2D eigenvalue weighted by Gasteiger charge is -2.09. The minimum Gasteiger partial charge on any atom is -0.493 e. The average Bonchev–Trinajstić information content (AvgIpc) is 2.26. The zero-order chi connectivity index (χ0) is 13.6. The number of benzene rings is 1. The Hall–Kier alpha value is -0.740. The summed E-state index contributed by atoms with van der Waals surface area (Å²) in [5, 5.41) is 0. The van der Waals surface area contributed by atoms with Gasteiger partial charge in [-0.3, -0.25) is 0 Å². The number of unbranched alkanes of at least 4 members (excludes halogenated alkanes) is 2. The normalized spacial score (nSPS) is 11.5. The van der Waals surface area contributed by atoms with E-state index in [4.69, 9.17) is 15.4 Å². The molecule has 102 valence electrons. The van der Waals surface area contributed by atoms with Crippen LogP contribution in [0, 0.1) is 13.8 Å². The zero-order valence-electron chi connectivity index (χ0n) is 10.8. The van der Waals surface area contributed by atoms with E-state index >= 15 is 0 Å². The Morgan fingerprint density at radius 3 is 2.56 bits per heavy atom. The first-order valence-corrected chi connectivity index (χ1v) is 8.49. The van der Waals surface area contributed by atoms with Crippen LogP contribution in [0.25, 0.3) is 0 Å². The van der Waals surface area contributed by atoms with Crippen molar-refractivity contribution in [2.75, 3.05) is 12.4 Å². The van der Waals surface area contributed by atoms with Gasteiger partial charge >= 0.3 is 0 Å². The maximum atomic E-state index is 10.7. The number of aryl methyl sites for hydroxylation is 2. The highest BCUT2D eigenvalue weighted by Gasteiger charge is 2.04. The maximum Gasteiger partial charge on any atom is 0.232 e. The quantitative estimate of drug-likeness (QED) is 0.571. The number of halogens is 1. The Kier molecular flexibility index (Phi) is 5.96. The Morgan fingerprint density at radius 2 is 1.89 bits per heavy atom. The summed E-state index contributed by atoms with van der Waals surface area (Å²) in [6.45, 7) is 4.64. The summed E-state index contributed by atoms with van der Waals surface area (Å²) in [6, 6.07) is 6.09. The predicted molar refractivity (Wildman–Crippen MR) is 74.9 cm³/mol. The highest BCUT2D eigenvalue weighted by Crippen LogP contribution is 2.19. The average molecular weight is 291 g/mol. The minimum absolute atomic E-state index is 0.0397. The van der Waals surface area contributed by atoms with Gasteiger partial charge in [-0.25, -0.2) is 8.42 Å². The fourth-order valence-electron chi connectivity index (χ4n) is 1.60. The molecule has 1 rings (SSSR count). The van der Waals surface area contributed by atoms with Gasteiger partial charge in [0.1, 0.15) is 5.75 Å². The molecule has 0 saturated carbocycles. The molecular formula is C13H19ClO3S. The van der Waals surface area contributed by atoms with Crippen LogP contribution >= 0.6 is 10.7 Å². The van der Waals surface area contributed by atoms with Gasteiger partial charge in [-0.15, -0.1) is 0 Å². The van der Waals surface area contributed by atoms with E-state index in [0.717, 1.165) is 24.2 Å². The van der Waals surface area contributed by atoms with Gasteiger partial charge in [-0.2, -0.15) is 0 Å². The second-order valence-electron chi connectivity index (χ2n) is 4.42. The summed E-state index contributed by atoms with van der Waals surface area (Å²) >= 11 is 0. The number of rotatable bonds is 7. The molecule has 0 amide bonds. The molecule has 0 saturated heterocycles. The highest BCUT2D eigenvalue weighted by atomic mass is 35.7. The van der Waals surface area contributed by atoms with Crippen LogP contribution in [0.4, 0.5) is 0 Å². The molecule has 0 heterocycles. The van der Waals surface area contributed by atoms with Gasteiger partial charge in [0, 0.05) is 10.7 Å². The molecule has 1 aromatic carbocycles. The molecule has 18 heavy (non-hydrogen) atoms. The first kappa shape index (κ1) is 15.3. The van der Waals surface area contributed by atoms with Crippen molar-refractivity contribution in [2.45, 2.75) is 33.1 Å². The number of hydrogen-bond donors (Lipinski definition) is 0. The molecule has 0 spiro atoms. The summed E-state index contributed by atoms with van der Waals surface area (Å²) in [7, 11) is 1.78. The fraction of sp³-hybridized carbons (Fsp3) is 0.538. The Balaban J connectivity index is 2.24. The van der Waals surface area contributed by atoms with Crippen LogP contribution in [0.2, 0.25) is 0 Å². The van der Waals surface area contributed by atoms with Gasteiger partial charge in [0.25, 0.3) is 0 Å². The van der Waals surface area contributed by atoms with E-state index in [1.807, 2.05) is 32.0 Å². The van der Waals surface area contributed by atoms with E-state index in [1.54, 1.807) is 0 Å². The lowest BCUT2D eigenvalue weighted by atomic mass is 10.1. The third-order valence-electron chi connectivity index (χ3n) is 2.63. The summed E-state index contributed by atoms with van der Waals surface area (Å²) < 4.78 is 27.1. The molecule has 0 fully saturated rings. The number of hydrogen-bond acceptors (Lipinski definition) is 3. The largest absolute Gasteiger partial charge is 0.493 e. The molecule has 0 aliphatic carbocycles. The molecular weight excluding hydrogens is 272 g/mol. The number of ether oxygens (including phenoxy) is 1. The van der Waals surface area contributed by atoms with Crippen molar-refractivity contribution < 1.29 is 13.2 Å². The van der Waals surface area contributed by atoms with Crippen molar-refractivity contribution in [1.29, 1.82) is 0 Å². The van der Waals surface area contributed by atoms with Crippen LogP contribution in [0.5, 0.6) is 5.75 Å². The summed E-state index contributed by atoms with van der Waals surface area (Å²) in [4.78, 5) is 0. The smallest absolute Gasteiger partial charge is 0.232 e. The van der Waals surface area contributed by atoms with Gasteiger partial charge in [-0.05, 0) is 50.3 Å². The third kappa shape index (κ3) is 6.26. The van der Waals surface area contributed by atoms with Gasteiger partial charge in [-0.1, -0.05) is 12.1 Å². The topological polar surface area (TPSA) is 43.4 Å². The van der Waals surface area contributed by atoms with Crippen LogP contribution < -0.4 is 4.74 Å². The minimum atomic E-state index is -3.34. The van der Waals surface area contributed by atoms with Crippen LogP contribution in [0.3, 0.4) is 0 Å². The van der Waals surface area contributed by atoms with Crippen LogP contribution in [0.1, 0.15) is 30.4 Å². The first-order chi connectivity index (χ1) is 8.38. The second-order valence-corrected chi connectivity index (χ2v) is 7.32. The summed E-state index contributed by atoms with van der Waals surface area (Å²) in [5.74, 6) is 0.942. The predicted octanol–water partition coefficient (Wildman–Crippen LogP) is 3.42. The van der Waals surface area contributed by atoms with E-state index in [1.165, 1.54) is 5.56 Å². The first-order valence-electron chi connectivity index (χ1n) is 6.01. The molecule has 0 radical (unpaired) electrons. The van der Waals surface area contributed by atoms with Gasteiger partial charge in [0.2, 0.25) is 9.05 Å². The van der Waals surface area contributed by atoms with Crippen LogP contribution in [0.15, 0.2) is 18.2 Å². The molecule has 0 atom stereocenters. The van der Waals surface area contributed by atoms with Crippen molar-refractivity contribution in [3.8, 4) is 5.75 Å². The lowest BCUT2D eigenvalue weighted by Crippen LogP contribution is -2.01. The molecule has 0 aliphatic rings. The van der Waals surface area contributed by atoms with E-state index in [0.29, 0.717) is 13.0 Å². The van der Waals surface area contributed by atoms with E-state index in [-0.39, 0.29) is 5.75 Å². The summed E-state index contributed by atoms with van der Waals surface area (Å²) in [5.41, 5.74) is 2.28. The van der Waals surface area contributed by atoms with Gasteiger partial charge in [0.05, 0.1) is 12.4 Å². The SMILES string of the molecule is Cc1ccc(C)c(OCCCCCS(=O)(=O)Cl)c1. The molecule has 3 nitrogen and oxygen atoms in total. The van der Waals surface area contributed by atoms with Gasteiger partial charge in [0.15, 0.2) is 0 Å².